The third kappa shape index (κ3) is 2.68. The summed E-state index contributed by atoms with van der Waals surface area (Å²) in [4.78, 5) is 10.8. The summed E-state index contributed by atoms with van der Waals surface area (Å²) < 4.78 is 22.9. The zero-order valence-electron chi connectivity index (χ0n) is 8.11. The molecule has 80 valence electrons. The third-order valence-electron chi connectivity index (χ3n) is 2.22. The van der Waals surface area contributed by atoms with Gasteiger partial charge in [-0.05, 0) is 30.7 Å². The van der Waals surface area contributed by atoms with E-state index >= 15 is 0 Å². The molecule has 0 amide bonds. The molecule has 0 bridgehead atoms. The highest BCUT2D eigenvalue weighted by atomic mass is 19.1. The number of ether oxygens (including phenoxy) is 2. The van der Waals surface area contributed by atoms with Crippen LogP contribution in [0.25, 0.3) is 0 Å². The molecule has 0 aliphatic carbocycles. The van der Waals surface area contributed by atoms with E-state index in [1.165, 1.54) is 12.1 Å². The Balaban J connectivity index is 1.83. The topological polar surface area (TPSA) is 35.5 Å². The fraction of sp³-hybridized carbons (Fsp3) is 0.364. The molecule has 1 fully saturated rings. The Bertz CT molecular complexity index is 347. The van der Waals surface area contributed by atoms with Gasteiger partial charge in [0.05, 0.1) is 0 Å². The number of carbonyl (C=O) groups excluding carboxylic acids is 1. The van der Waals surface area contributed by atoms with Gasteiger partial charge in [0.1, 0.15) is 24.3 Å². The molecule has 0 unspecified atom stereocenters. The number of halogens is 1. The molecule has 2 rings (SSSR count). The molecular weight excluding hydrogens is 199 g/mol. The molecule has 0 spiro atoms. The first-order valence-corrected chi connectivity index (χ1v) is 4.82. The third-order valence-corrected chi connectivity index (χ3v) is 2.22. The van der Waals surface area contributed by atoms with Crippen molar-refractivity contribution in [1.82, 2.24) is 0 Å². The van der Waals surface area contributed by atoms with Gasteiger partial charge in [-0.1, -0.05) is 0 Å². The smallest absolute Gasteiger partial charge is 0.306 e. The van der Waals surface area contributed by atoms with Crippen LogP contribution in [-0.4, -0.2) is 18.7 Å². The molecule has 0 N–H and O–H groups in total. The van der Waals surface area contributed by atoms with E-state index in [0.29, 0.717) is 25.2 Å². The Kier molecular flexibility index (Phi) is 2.85. The second kappa shape index (κ2) is 4.29. The van der Waals surface area contributed by atoms with Crippen molar-refractivity contribution in [3.05, 3.63) is 30.1 Å². The zero-order chi connectivity index (χ0) is 10.7. The summed E-state index contributed by atoms with van der Waals surface area (Å²) in [5.74, 6) is 0.108. The van der Waals surface area contributed by atoms with Gasteiger partial charge >= 0.3 is 5.97 Å². The monoisotopic (exact) mass is 210 g/mol. The molecule has 0 radical (unpaired) electrons. The minimum absolute atomic E-state index is 0.164. The molecule has 1 saturated heterocycles. The average Bonchev–Trinajstić information content (AvgIpc) is 2.64. The van der Waals surface area contributed by atoms with Crippen molar-refractivity contribution in [3.63, 3.8) is 0 Å². The fourth-order valence-electron chi connectivity index (χ4n) is 1.42. The first kappa shape index (κ1) is 9.96. The number of carbonyl (C=O) groups is 1. The van der Waals surface area contributed by atoms with Crippen molar-refractivity contribution in [2.45, 2.75) is 18.9 Å². The quantitative estimate of drug-likeness (QED) is 0.715. The van der Waals surface area contributed by atoms with E-state index in [-0.39, 0.29) is 17.9 Å². The van der Waals surface area contributed by atoms with Crippen molar-refractivity contribution in [3.8, 4) is 5.75 Å². The Morgan fingerprint density at radius 2 is 2.13 bits per heavy atom. The number of benzene rings is 1. The minimum Gasteiger partial charge on any atom is -0.490 e. The van der Waals surface area contributed by atoms with Crippen LogP contribution in [0.1, 0.15) is 12.8 Å². The van der Waals surface area contributed by atoms with Crippen LogP contribution in [0.2, 0.25) is 0 Å². The van der Waals surface area contributed by atoms with Gasteiger partial charge in [0.15, 0.2) is 0 Å². The van der Waals surface area contributed by atoms with Gasteiger partial charge in [-0.2, -0.15) is 0 Å². The first-order chi connectivity index (χ1) is 7.24. The summed E-state index contributed by atoms with van der Waals surface area (Å²) in [5.41, 5.74) is 0. The number of esters is 1. The van der Waals surface area contributed by atoms with Crippen LogP contribution in [0, 0.1) is 5.82 Å². The fourth-order valence-corrected chi connectivity index (χ4v) is 1.42. The summed E-state index contributed by atoms with van der Waals surface area (Å²) in [6.07, 6.45) is 0.986. The molecule has 1 atom stereocenters. The largest absolute Gasteiger partial charge is 0.490 e. The lowest BCUT2D eigenvalue weighted by atomic mass is 10.2. The van der Waals surface area contributed by atoms with Gasteiger partial charge in [-0.15, -0.1) is 0 Å². The molecule has 4 heteroatoms. The predicted octanol–water partition coefficient (Wildman–Crippen LogP) is 1.91. The van der Waals surface area contributed by atoms with Gasteiger partial charge in [0.25, 0.3) is 0 Å². The van der Waals surface area contributed by atoms with Crippen LogP contribution in [0.5, 0.6) is 5.75 Å². The maximum Gasteiger partial charge on any atom is 0.306 e. The Morgan fingerprint density at radius 3 is 2.73 bits per heavy atom. The molecule has 1 aromatic carbocycles. The number of cyclic esters (lactones) is 1. The van der Waals surface area contributed by atoms with Crippen LogP contribution in [0.3, 0.4) is 0 Å². The van der Waals surface area contributed by atoms with Crippen LogP contribution in [0.4, 0.5) is 4.39 Å². The SMILES string of the molecule is O=C1CC[C@H](COc2ccc(F)cc2)O1. The summed E-state index contributed by atoms with van der Waals surface area (Å²) >= 11 is 0. The molecule has 0 aromatic heterocycles. The van der Waals surface area contributed by atoms with Crippen molar-refractivity contribution in [2.75, 3.05) is 6.61 Å². The van der Waals surface area contributed by atoms with Gasteiger partial charge in [-0.3, -0.25) is 4.79 Å². The zero-order valence-corrected chi connectivity index (χ0v) is 8.11. The molecule has 1 heterocycles. The van der Waals surface area contributed by atoms with Crippen molar-refractivity contribution >= 4 is 5.97 Å². The number of hydrogen-bond donors (Lipinski definition) is 0. The second-order valence-electron chi connectivity index (χ2n) is 3.42. The van der Waals surface area contributed by atoms with E-state index in [9.17, 15) is 9.18 Å². The van der Waals surface area contributed by atoms with Crippen LogP contribution >= 0.6 is 0 Å². The summed E-state index contributed by atoms with van der Waals surface area (Å²) in [5, 5.41) is 0. The van der Waals surface area contributed by atoms with Crippen LogP contribution in [-0.2, 0) is 9.53 Å². The lowest BCUT2D eigenvalue weighted by Gasteiger charge is -2.10. The van der Waals surface area contributed by atoms with E-state index in [0.717, 1.165) is 0 Å². The average molecular weight is 210 g/mol. The lowest BCUT2D eigenvalue weighted by Crippen LogP contribution is -2.17. The molecule has 0 saturated carbocycles. The van der Waals surface area contributed by atoms with Crippen molar-refractivity contribution in [1.29, 1.82) is 0 Å². The van der Waals surface area contributed by atoms with Crippen LogP contribution < -0.4 is 4.74 Å². The van der Waals surface area contributed by atoms with E-state index < -0.39 is 0 Å². The van der Waals surface area contributed by atoms with Crippen LogP contribution in [0.15, 0.2) is 24.3 Å². The molecule has 1 aliphatic heterocycles. The lowest BCUT2D eigenvalue weighted by molar-refractivity contribution is -0.142. The number of hydrogen-bond acceptors (Lipinski definition) is 3. The highest BCUT2D eigenvalue weighted by molar-refractivity contribution is 5.71. The van der Waals surface area contributed by atoms with Gasteiger partial charge in [0, 0.05) is 6.42 Å². The minimum atomic E-state index is -0.297. The Labute approximate surface area is 86.8 Å². The van der Waals surface area contributed by atoms with Gasteiger partial charge < -0.3 is 9.47 Å². The van der Waals surface area contributed by atoms with Gasteiger partial charge in [0.2, 0.25) is 0 Å². The summed E-state index contributed by atoms with van der Waals surface area (Å²) in [6.45, 7) is 0.331. The van der Waals surface area contributed by atoms with E-state index in [4.69, 9.17) is 9.47 Å². The summed E-state index contributed by atoms with van der Waals surface area (Å²) in [6, 6.07) is 5.75. The Morgan fingerprint density at radius 1 is 1.40 bits per heavy atom. The predicted molar refractivity (Wildman–Crippen MR) is 51.0 cm³/mol. The second-order valence-corrected chi connectivity index (χ2v) is 3.42. The molecule has 1 aliphatic rings. The highest BCUT2D eigenvalue weighted by Crippen LogP contribution is 2.16. The highest BCUT2D eigenvalue weighted by Gasteiger charge is 2.23. The van der Waals surface area contributed by atoms with E-state index in [1.54, 1.807) is 12.1 Å². The standard InChI is InChI=1S/C11H11FO3/c12-8-1-3-9(4-2-8)14-7-10-5-6-11(13)15-10/h1-4,10H,5-7H2/t10-/m1/s1. The maximum atomic E-state index is 12.6. The first-order valence-electron chi connectivity index (χ1n) is 4.82. The number of rotatable bonds is 3. The van der Waals surface area contributed by atoms with E-state index in [2.05, 4.69) is 0 Å². The Hall–Kier alpha value is -1.58. The van der Waals surface area contributed by atoms with Gasteiger partial charge in [-0.25, -0.2) is 4.39 Å². The maximum absolute atomic E-state index is 12.6. The molecular formula is C11H11FO3. The molecule has 1 aromatic rings. The molecule has 15 heavy (non-hydrogen) atoms. The van der Waals surface area contributed by atoms with E-state index in [1.807, 2.05) is 0 Å². The van der Waals surface area contributed by atoms with Crippen molar-refractivity contribution in [2.24, 2.45) is 0 Å². The summed E-state index contributed by atoms with van der Waals surface area (Å²) in [7, 11) is 0. The van der Waals surface area contributed by atoms with Crippen molar-refractivity contribution < 1.29 is 18.7 Å². The molecule has 3 nitrogen and oxygen atoms in total. The normalized spacial score (nSPS) is 20.1.